The zero-order valence-electron chi connectivity index (χ0n) is 7.36. The van der Waals surface area contributed by atoms with Crippen LogP contribution in [0, 0.1) is 6.92 Å². The van der Waals surface area contributed by atoms with Crippen molar-refractivity contribution in [1.82, 2.24) is 0 Å². The minimum atomic E-state index is 0.103. The monoisotopic (exact) mass is 206 g/mol. The van der Waals surface area contributed by atoms with Crippen molar-refractivity contribution in [3.63, 3.8) is 0 Å². The average molecular weight is 207 g/mol. The number of hydrogen-bond acceptors (Lipinski definition) is 1. The number of hydrogen-bond donors (Lipinski definition) is 1. The molecular formula is C9H12Cl2O. The molecule has 0 aliphatic carbocycles. The van der Waals surface area contributed by atoms with Gasteiger partial charge in [0.1, 0.15) is 5.75 Å². The Kier molecular flexibility index (Phi) is 5.11. The lowest BCUT2D eigenvalue weighted by Crippen LogP contribution is -1.75. The molecule has 0 atom stereocenters. The van der Waals surface area contributed by atoms with E-state index in [9.17, 15) is 0 Å². The fourth-order valence-electron chi connectivity index (χ4n) is 0.695. The molecule has 0 aliphatic rings. The minimum Gasteiger partial charge on any atom is -0.506 e. The molecule has 0 saturated carbocycles. The standard InChI is InChI=1S/C7H6Cl2O.C2H6/c1-4-2-5(8)3-6(9)7(4)10;1-2/h2-3,10H,1H3;1-2H3. The molecule has 0 amide bonds. The number of halogens is 2. The van der Waals surface area contributed by atoms with Gasteiger partial charge in [0.2, 0.25) is 0 Å². The summed E-state index contributed by atoms with van der Waals surface area (Å²) in [6, 6.07) is 3.16. The second-order valence-electron chi connectivity index (χ2n) is 2.05. The summed E-state index contributed by atoms with van der Waals surface area (Å²) in [7, 11) is 0. The lowest BCUT2D eigenvalue weighted by atomic mass is 10.2. The van der Waals surface area contributed by atoms with Crippen LogP contribution in [0.25, 0.3) is 0 Å². The van der Waals surface area contributed by atoms with Gasteiger partial charge in [-0.3, -0.25) is 0 Å². The van der Waals surface area contributed by atoms with E-state index in [-0.39, 0.29) is 5.75 Å². The quantitative estimate of drug-likeness (QED) is 0.680. The van der Waals surface area contributed by atoms with E-state index in [1.165, 1.54) is 6.07 Å². The fourth-order valence-corrected chi connectivity index (χ4v) is 1.29. The van der Waals surface area contributed by atoms with Crippen LogP contribution in [0.1, 0.15) is 19.4 Å². The number of phenols is 1. The lowest BCUT2D eigenvalue weighted by Gasteiger charge is -2.00. The summed E-state index contributed by atoms with van der Waals surface area (Å²) in [4.78, 5) is 0. The first-order valence-corrected chi connectivity index (χ1v) is 4.51. The van der Waals surface area contributed by atoms with E-state index in [4.69, 9.17) is 28.3 Å². The van der Waals surface area contributed by atoms with Crippen molar-refractivity contribution in [1.29, 1.82) is 0 Å². The highest BCUT2D eigenvalue weighted by Gasteiger charge is 2.02. The van der Waals surface area contributed by atoms with E-state index >= 15 is 0 Å². The van der Waals surface area contributed by atoms with Gasteiger partial charge in [0.05, 0.1) is 5.02 Å². The molecule has 0 aliphatic heterocycles. The summed E-state index contributed by atoms with van der Waals surface area (Å²) in [6.07, 6.45) is 0. The molecule has 1 nitrogen and oxygen atoms in total. The molecule has 1 aromatic carbocycles. The highest BCUT2D eigenvalue weighted by Crippen LogP contribution is 2.29. The molecule has 0 heterocycles. The molecule has 0 aromatic heterocycles. The van der Waals surface area contributed by atoms with Gasteiger partial charge >= 0.3 is 0 Å². The Morgan fingerprint density at radius 2 is 1.67 bits per heavy atom. The Hall–Kier alpha value is -0.400. The maximum atomic E-state index is 9.14. The summed E-state index contributed by atoms with van der Waals surface area (Å²) >= 11 is 11.2. The smallest absolute Gasteiger partial charge is 0.137 e. The second-order valence-corrected chi connectivity index (χ2v) is 2.90. The third kappa shape index (κ3) is 2.92. The van der Waals surface area contributed by atoms with E-state index in [1.54, 1.807) is 13.0 Å². The van der Waals surface area contributed by atoms with E-state index in [2.05, 4.69) is 0 Å². The third-order valence-corrected chi connectivity index (χ3v) is 1.73. The van der Waals surface area contributed by atoms with Crippen molar-refractivity contribution in [2.75, 3.05) is 0 Å². The number of aryl methyl sites for hydroxylation is 1. The van der Waals surface area contributed by atoms with Gasteiger partial charge < -0.3 is 5.11 Å². The zero-order chi connectivity index (χ0) is 9.72. The lowest BCUT2D eigenvalue weighted by molar-refractivity contribution is 0.471. The van der Waals surface area contributed by atoms with Crippen molar-refractivity contribution in [2.24, 2.45) is 0 Å². The third-order valence-electron chi connectivity index (χ3n) is 1.22. The van der Waals surface area contributed by atoms with Gasteiger partial charge in [0, 0.05) is 5.02 Å². The molecular weight excluding hydrogens is 195 g/mol. The summed E-state index contributed by atoms with van der Waals surface area (Å²) in [5.41, 5.74) is 0.692. The fraction of sp³-hybridized carbons (Fsp3) is 0.333. The van der Waals surface area contributed by atoms with Crippen molar-refractivity contribution >= 4 is 23.2 Å². The van der Waals surface area contributed by atoms with Gasteiger partial charge in [0.25, 0.3) is 0 Å². The molecule has 1 N–H and O–H groups in total. The summed E-state index contributed by atoms with van der Waals surface area (Å²) in [5.74, 6) is 0.103. The van der Waals surface area contributed by atoms with Crippen molar-refractivity contribution in [3.05, 3.63) is 27.7 Å². The summed E-state index contributed by atoms with van der Waals surface area (Å²) in [6.45, 7) is 5.74. The first-order chi connectivity index (χ1) is 5.61. The Bertz CT molecular complexity index is 236. The van der Waals surface area contributed by atoms with Gasteiger partial charge in [-0.2, -0.15) is 0 Å². The van der Waals surface area contributed by atoms with Crippen LogP contribution in [0.5, 0.6) is 5.75 Å². The first kappa shape index (κ1) is 11.6. The highest BCUT2D eigenvalue weighted by atomic mass is 35.5. The van der Waals surface area contributed by atoms with Gasteiger partial charge in [0.15, 0.2) is 0 Å². The molecule has 68 valence electrons. The Balaban J connectivity index is 0.000000561. The molecule has 0 radical (unpaired) electrons. The second kappa shape index (κ2) is 5.28. The van der Waals surface area contributed by atoms with Gasteiger partial charge in [-0.15, -0.1) is 0 Å². The predicted octanol–water partition coefficient (Wildman–Crippen LogP) is 4.03. The topological polar surface area (TPSA) is 20.2 Å². The average Bonchev–Trinajstić information content (AvgIpc) is 2.04. The maximum Gasteiger partial charge on any atom is 0.137 e. The number of rotatable bonds is 0. The van der Waals surface area contributed by atoms with Gasteiger partial charge in [-0.25, -0.2) is 0 Å². The molecule has 0 saturated heterocycles. The van der Waals surface area contributed by atoms with Crippen LogP contribution >= 0.6 is 23.2 Å². The van der Waals surface area contributed by atoms with Crippen molar-refractivity contribution in [2.45, 2.75) is 20.8 Å². The molecule has 0 fully saturated rings. The molecule has 1 aromatic rings. The van der Waals surface area contributed by atoms with E-state index in [1.807, 2.05) is 13.8 Å². The SMILES string of the molecule is CC.Cc1cc(Cl)cc(Cl)c1O. The van der Waals surface area contributed by atoms with Crippen LogP contribution in [0.15, 0.2) is 12.1 Å². The Morgan fingerprint density at radius 3 is 2.08 bits per heavy atom. The highest BCUT2D eigenvalue weighted by molar-refractivity contribution is 6.35. The minimum absolute atomic E-state index is 0.103. The van der Waals surface area contributed by atoms with Gasteiger partial charge in [-0.05, 0) is 24.6 Å². The largest absolute Gasteiger partial charge is 0.506 e. The number of phenolic OH excluding ortho intramolecular Hbond substituents is 1. The van der Waals surface area contributed by atoms with Crippen LogP contribution in [0.2, 0.25) is 10.0 Å². The van der Waals surface area contributed by atoms with Crippen LogP contribution in [-0.2, 0) is 0 Å². The summed E-state index contributed by atoms with van der Waals surface area (Å²) < 4.78 is 0. The van der Waals surface area contributed by atoms with Crippen molar-refractivity contribution < 1.29 is 5.11 Å². The molecule has 0 spiro atoms. The van der Waals surface area contributed by atoms with Gasteiger partial charge in [-0.1, -0.05) is 37.0 Å². The predicted molar refractivity (Wildman–Crippen MR) is 54.2 cm³/mol. The van der Waals surface area contributed by atoms with Crippen LogP contribution in [-0.4, -0.2) is 5.11 Å². The zero-order valence-corrected chi connectivity index (χ0v) is 8.87. The van der Waals surface area contributed by atoms with Crippen molar-refractivity contribution in [3.8, 4) is 5.75 Å². The van der Waals surface area contributed by atoms with Crippen LogP contribution in [0.4, 0.5) is 0 Å². The number of aromatic hydroxyl groups is 1. The van der Waals surface area contributed by atoms with Crippen LogP contribution < -0.4 is 0 Å². The Morgan fingerprint density at radius 1 is 1.17 bits per heavy atom. The maximum absolute atomic E-state index is 9.14. The Labute approximate surface area is 82.9 Å². The molecule has 1 rings (SSSR count). The first-order valence-electron chi connectivity index (χ1n) is 3.76. The molecule has 0 unspecified atom stereocenters. The molecule has 12 heavy (non-hydrogen) atoms. The van der Waals surface area contributed by atoms with E-state index < -0.39 is 0 Å². The number of benzene rings is 1. The van der Waals surface area contributed by atoms with E-state index in [0.717, 1.165) is 0 Å². The van der Waals surface area contributed by atoms with E-state index in [0.29, 0.717) is 15.6 Å². The normalized spacial score (nSPS) is 8.75. The molecule has 3 heteroatoms. The van der Waals surface area contributed by atoms with Crippen LogP contribution in [0.3, 0.4) is 0 Å². The summed E-state index contributed by atoms with van der Waals surface area (Å²) in [5, 5.41) is 9.98. The molecule has 0 bridgehead atoms.